The number of carbonyl (C=O) groups excluding carboxylic acids is 3. The van der Waals surface area contributed by atoms with Gasteiger partial charge in [0.05, 0.1) is 11.7 Å². The van der Waals surface area contributed by atoms with E-state index >= 15 is 0 Å². The molecule has 0 bridgehead atoms. The van der Waals surface area contributed by atoms with E-state index in [1.807, 2.05) is 42.5 Å². The molecule has 12 heteroatoms. The zero-order chi connectivity index (χ0) is 33.8. The molecule has 47 heavy (non-hydrogen) atoms. The number of ether oxygens (including phenoxy) is 1. The Morgan fingerprint density at radius 2 is 1.89 bits per heavy atom. The van der Waals surface area contributed by atoms with Crippen molar-refractivity contribution in [1.82, 2.24) is 30.5 Å². The Balaban J connectivity index is 1.48. The van der Waals surface area contributed by atoms with Gasteiger partial charge in [0, 0.05) is 24.4 Å². The van der Waals surface area contributed by atoms with Gasteiger partial charge in [-0.15, -0.1) is 0 Å². The van der Waals surface area contributed by atoms with Gasteiger partial charge in [0.15, 0.2) is 0 Å². The quantitative estimate of drug-likeness (QED) is 0.362. The van der Waals surface area contributed by atoms with Gasteiger partial charge in [0.1, 0.15) is 28.9 Å². The maximum Gasteiger partial charge on any atom is 0.408 e. The van der Waals surface area contributed by atoms with Gasteiger partial charge in [-0.2, -0.15) is 15.0 Å². The van der Waals surface area contributed by atoms with Gasteiger partial charge < -0.3 is 25.4 Å². The molecular weight excluding hydrogens is 600 g/mol. The van der Waals surface area contributed by atoms with Crippen molar-refractivity contribution in [3.8, 4) is 11.3 Å². The third kappa shape index (κ3) is 8.02. The van der Waals surface area contributed by atoms with Crippen LogP contribution >= 0.6 is 0 Å². The molecule has 12 nitrogen and oxygen atoms in total. The predicted molar refractivity (Wildman–Crippen MR) is 175 cm³/mol. The molecule has 2 aromatic rings. The standard InChI is InChI=1S/C35H48N6O6/c1-5-6-18-26-29(23-15-11-10-12-16-23)39-41(38-26)25-20-28-30(42)37-35(32(44)45)21-24(35)17-13-8-7-9-14-19-27(31(43)40(28)22-25)36-33(46)47-34(2,3)4/h10-13,15-17,24-25,27-28H,5-9,14,18-22H2,1-4H3,(H,36,46)(H,37,42)(H,44,45)/b17-13-/t24-,25+,27+,28+,35+/m1/s1. The Labute approximate surface area is 276 Å². The van der Waals surface area contributed by atoms with Crippen LogP contribution in [0.25, 0.3) is 11.3 Å². The SMILES string of the molecule is CCCCc1nn([C@H]2C[C@H]3C(=O)N[C@@]4(C(=O)O)C[C@H]4/C=C\CCCCC[C@H](NC(=O)OC(C)(C)C)C(=O)N3C2)nc1-c1ccccc1. The van der Waals surface area contributed by atoms with Crippen molar-refractivity contribution in [2.45, 2.75) is 121 Å². The van der Waals surface area contributed by atoms with Crippen LogP contribution < -0.4 is 10.6 Å². The fourth-order valence-electron chi connectivity index (χ4n) is 6.54. The van der Waals surface area contributed by atoms with Gasteiger partial charge in [0.25, 0.3) is 0 Å². The van der Waals surface area contributed by atoms with Gasteiger partial charge in [-0.3, -0.25) is 9.59 Å². The Bertz CT molecular complexity index is 1480. The molecule has 3 heterocycles. The van der Waals surface area contributed by atoms with Crippen molar-refractivity contribution in [2.24, 2.45) is 5.92 Å². The normalized spacial score (nSPS) is 27.4. The maximum atomic E-state index is 14.3. The van der Waals surface area contributed by atoms with Gasteiger partial charge >= 0.3 is 12.1 Å². The number of aromatic nitrogens is 3. The molecule has 1 aliphatic carbocycles. The van der Waals surface area contributed by atoms with E-state index in [4.69, 9.17) is 14.9 Å². The van der Waals surface area contributed by atoms with E-state index in [9.17, 15) is 24.3 Å². The summed E-state index contributed by atoms with van der Waals surface area (Å²) in [6, 6.07) is 7.46. The number of carbonyl (C=O) groups is 4. The van der Waals surface area contributed by atoms with Gasteiger partial charge in [-0.1, -0.05) is 68.7 Å². The molecule has 1 saturated carbocycles. The molecule has 3 amide bonds. The second-order valence-corrected chi connectivity index (χ2v) is 14.0. The topological polar surface area (TPSA) is 156 Å². The summed E-state index contributed by atoms with van der Waals surface area (Å²) < 4.78 is 5.49. The number of hydrogen-bond acceptors (Lipinski definition) is 7. The van der Waals surface area contributed by atoms with Crippen molar-refractivity contribution >= 4 is 23.9 Å². The minimum Gasteiger partial charge on any atom is -0.479 e. The lowest BCUT2D eigenvalue weighted by Gasteiger charge is -2.30. The summed E-state index contributed by atoms with van der Waals surface area (Å²) in [5, 5.41) is 25.5. The fraction of sp³-hybridized carbons (Fsp3) is 0.600. The largest absolute Gasteiger partial charge is 0.479 e. The fourth-order valence-corrected chi connectivity index (χ4v) is 6.54. The first-order valence-electron chi connectivity index (χ1n) is 16.9. The van der Waals surface area contributed by atoms with Crippen LogP contribution in [0.3, 0.4) is 0 Å². The van der Waals surface area contributed by atoms with Gasteiger partial charge in [-0.05, 0) is 59.3 Å². The number of carboxylic acids is 1. The average Bonchev–Trinajstić information content (AvgIpc) is 3.34. The smallest absolute Gasteiger partial charge is 0.408 e. The summed E-state index contributed by atoms with van der Waals surface area (Å²) in [4.78, 5) is 56.7. The van der Waals surface area contributed by atoms with Crippen LogP contribution in [0.4, 0.5) is 4.79 Å². The number of alkyl carbamates (subject to hydrolysis) is 1. The van der Waals surface area contributed by atoms with Crippen LogP contribution in [-0.4, -0.2) is 78.6 Å². The lowest BCUT2D eigenvalue weighted by molar-refractivity contribution is -0.145. The minimum atomic E-state index is -1.41. The molecule has 2 aliphatic heterocycles. The summed E-state index contributed by atoms with van der Waals surface area (Å²) in [6.45, 7) is 7.50. The second kappa shape index (κ2) is 14.3. The van der Waals surface area contributed by atoms with E-state index in [2.05, 4.69) is 17.6 Å². The Hall–Kier alpha value is -4.22. The van der Waals surface area contributed by atoms with Crippen molar-refractivity contribution in [1.29, 1.82) is 0 Å². The molecule has 0 spiro atoms. The minimum absolute atomic E-state index is 0.128. The number of fused-ring (bicyclic) bond motifs is 2. The molecule has 5 atom stereocenters. The molecule has 0 unspecified atom stereocenters. The predicted octanol–water partition coefficient (Wildman–Crippen LogP) is 4.80. The second-order valence-electron chi connectivity index (χ2n) is 14.0. The summed E-state index contributed by atoms with van der Waals surface area (Å²) in [5.74, 6) is -2.36. The third-order valence-electron chi connectivity index (χ3n) is 9.17. The zero-order valence-corrected chi connectivity index (χ0v) is 27.9. The number of benzene rings is 1. The Kier molecular flexibility index (Phi) is 10.4. The Morgan fingerprint density at radius 1 is 1.13 bits per heavy atom. The average molecular weight is 649 g/mol. The molecule has 0 radical (unpaired) electrons. The highest BCUT2D eigenvalue weighted by Crippen LogP contribution is 2.45. The van der Waals surface area contributed by atoms with E-state index < -0.39 is 53.1 Å². The number of aliphatic carboxylic acids is 1. The van der Waals surface area contributed by atoms with Crippen molar-refractivity contribution in [3.05, 3.63) is 48.2 Å². The summed E-state index contributed by atoms with van der Waals surface area (Å²) in [7, 11) is 0. The number of nitrogens with one attached hydrogen (secondary N) is 2. The van der Waals surface area contributed by atoms with E-state index in [0.717, 1.165) is 55.5 Å². The number of allylic oxidation sites excluding steroid dienone is 1. The first-order valence-corrected chi connectivity index (χ1v) is 16.9. The number of nitrogens with zero attached hydrogens (tertiary/aromatic N) is 4. The lowest BCUT2D eigenvalue weighted by atomic mass is 10.0. The number of amides is 3. The molecular formula is C35H48N6O6. The van der Waals surface area contributed by atoms with E-state index in [-0.39, 0.29) is 18.9 Å². The highest BCUT2D eigenvalue weighted by molar-refractivity contribution is 5.96. The summed E-state index contributed by atoms with van der Waals surface area (Å²) in [6.07, 6.45) is 9.79. The zero-order valence-electron chi connectivity index (χ0n) is 27.9. The highest BCUT2D eigenvalue weighted by Gasteiger charge is 2.61. The number of aryl methyl sites for hydroxylation is 1. The Morgan fingerprint density at radius 3 is 2.60 bits per heavy atom. The van der Waals surface area contributed by atoms with Gasteiger partial charge in [-0.25, -0.2) is 9.59 Å². The van der Waals surface area contributed by atoms with Crippen LogP contribution in [0.5, 0.6) is 0 Å². The van der Waals surface area contributed by atoms with Crippen LogP contribution in [0.2, 0.25) is 0 Å². The molecule has 1 saturated heterocycles. The molecule has 3 N–H and O–H groups in total. The van der Waals surface area contributed by atoms with Crippen LogP contribution in [0, 0.1) is 5.92 Å². The van der Waals surface area contributed by atoms with E-state index in [0.29, 0.717) is 19.3 Å². The third-order valence-corrected chi connectivity index (χ3v) is 9.17. The first kappa shape index (κ1) is 34.1. The monoisotopic (exact) mass is 648 g/mol. The van der Waals surface area contributed by atoms with Crippen molar-refractivity contribution < 1.29 is 29.0 Å². The number of carboxylic acid groups (broad SMARTS) is 1. The van der Waals surface area contributed by atoms with E-state index in [1.165, 1.54) is 4.90 Å². The molecule has 2 fully saturated rings. The summed E-state index contributed by atoms with van der Waals surface area (Å²) in [5.41, 5.74) is 0.377. The molecule has 1 aromatic carbocycles. The number of rotatable bonds is 7. The number of hydrogen-bond donors (Lipinski definition) is 3. The molecule has 5 rings (SSSR count). The van der Waals surface area contributed by atoms with Crippen LogP contribution in [-0.2, 0) is 25.5 Å². The first-order chi connectivity index (χ1) is 22.4. The van der Waals surface area contributed by atoms with Crippen LogP contribution in [0.1, 0.15) is 97.2 Å². The van der Waals surface area contributed by atoms with Crippen molar-refractivity contribution in [3.63, 3.8) is 0 Å². The summed E-state index contributed by atoms with van der Waals surface area (Å²) >= 11 is 0. The maximum absolute atomic E-state index is 14.3. The molecule has 3 aliphatic rings. The molecule has 1 aromatic heterocycles. The van der Waals surface area contributed by atoms with E-state index in [1.54, 1.807) is 25.6 Å². The highest BCUT2D eigenvalue weighted by atomic mass is 16.6. The number of unbranched alkanes of at least 4 members (excludes halogenated alkanes) is 1. The van der Waals surface area contributed by atoms with Gasteiger partial charge in [0.2, 0.25) is 11.8 Å². The van der Waals surface area contributed by atoms with Crippen molar-refractivity contribution in [2.75, 3.05) is 6.54 Å². The lowest BCUT2D eigenvalue weighted by Crippen LogP contribution is -2.56. The van der Waals surface area contributed by atoms with Crippen LogP contribution in [0.15, 0.2) is 42.5 Å². The molecule has 254 valence electrons.